The molecule has 2 nitrogen and oxygen atoms in total. The summed E-state index contributed by atoms with van der Waals surface area (Å²) >= 11 is 5.66. The fraction of sp³-hybridized carbons (Fsp3) is 0.909. The van der Waals surface area contributed by atoms with E-state index in [1.54, 1.807) is 0 Å². The van der Waals surface area contributed by atoms with Crippen LogP contribution in [0, 0.1) is 5.92 Å². The maximum atomic E-state index is 11.7. The summed E-state index contributed by atoms with van der Waals surface area (Å²) in [4.78, 5) is 11.7. The summed E-state index contributed by atoms with van der Waals surface area (Å²) in [6, 6.07) is 0. The zero-order valence-corrected chi connectivity index (χ0v) is 10.4. The van der Waals surface area contributed by atoms with Gasteiger partial charge in [0.15, 0.2) is 0 Å². The van der Waals surface area contributed by atoms with Gasteiger partial charge in [-0.1, -0.05) is 20.3 Å². The Morgan fingerprint density at radius 1 is 1.50 bits per heavy atom. The molecule has 0 spiro atoms. The molecule has 1 atom stereocenters. The summed E-state index contributed by atoms with van der Waals surface area (Å²) in [5, 5.41) is 3.02. The molecule has 0 aliphatic heterocycles. The van der Waals surface area contributed by atoms with Gasteiger partial charge >= 0.3 is 0 Å². The molecular formula is C11H22ClNO. The summed E-state index contributed by atoms with van der Waals surface area (Å²) in [5.41, 5.74) is -0.180. The molecule has 0 saturated heterocycles. The van der Waals surface area contributed by atoms with Gasteiger partial charge in [0, 0.05) is 17.3 Å². The van der Waals surface area contributed by atoms with Gasteiger partial charge in [0.05, 0.1) is 0 Å². The number of hydrogen-bond acceptors (Lipinski definition) is 1. The molecule has 14 heavy (non-hydrogen) atoms. The summed E-state index contributed by atoms with van der Waals surface area (Å²) in [7, 11) is 0. The van der Waals surface area contributed by atoms with Crippen LogP contribution in [0.5, 0.6) is 0 Å². The van der Waals surface area contributed by atoms with Crippen LogP contribution in [0.15, 0.2) is 0 Å². The first-order valence-electron chi connectivity index (χ1n) is 5.31. The Morgan fingerprint density at radius 2 is 2.07 bits per heavy atom. The van der Waals surface area contributed by atoms with Crippen molar-refractivity contribution in [3.63, 3.8) is 0 Å². The van der Waals surface area contributed by atoms with Crippen molar-refractivity contribution in [3.8, 4) is 0 Å². The smallest absolute Gasteiger partial charge is 0.223 e. The van der Waals surface area contributed by atoms with Crippen molar-refractivity contribution in [2.24, 2.45) is 5.92 Å². The number of carbonyl (C=O) groups excluding carboxylic acids is 1. The van der Waals surface area contributed by atoms with Gasteiger partial charge in [-0.05, 0) is 26.7 Å². The molecule has 0 aromatic rings. The minimum Gasteiger partial charge on any atom is -0.351 e. The van der Waals surface area contributed by atoms with E-state index in [-0.39, 0.29) is 17.4 Å². The first kappa shape index (κ1) is 13.8. The molecule has 1 unspecified atom stereocenters. The van der Waals surface area contributed by atoms with Crippen molar-refractivity contribution < 1.29 is 4.79 Å². The van der Waals surface area contributed by atoms with E-state index in [0.717, 1.165) is 19.3 Å². The van der Waals surface area contributed by atoms with Crippen LogP contribution >= 0.6 is 11.6 Å². The summed E-state index contributed by atoms with van der Waals surface area (Å²) < 4.78 is 0. The number of halogens is 1. The minimum absolute atomic E-state index is 0.106. The molecule has 0 bridgehead atoms. The SMILES string of the molecule is CCCC(C)C(=O)NC(C)(C)CCCl. The van der Waals surface area contributed by atoms with Gasteiger partial charge in [-0.2, -0.15) is 0 Å². The second-order valence-electron chi connectivity index (χ2n) is 4.50. The van der Waals surface area contributed by atoms with Gasteiger partial charge in [0.25, 0.3) is 0 Å². The molecular weight excluding hydrogens is 198 g/mol. The zero-order chi connectivity index (χ0) is 11.2. The van der Waals surface area contributed by atoms with Gasteiger partial charge in [0.1, 0.15) is 0 Å². The van der Waals surface area contributed by atoms with E-state index < -0.39 is 0 Å². The van der Waals surface area contributed by atoms with Crippen LogP contribution in [0.2, 0.25) is 0 Å². The Morgan fingerprint density at radius 3 is 2.50 bits per heavy atom. The highest BCUT2D eigenvalue weighted by Gasteiger charge is 2.22. The van der Waals surface area contributed by atoms with Gasteiger partial charge in [-0.3, -0.25) is 4.79 Å². The van der Waals surface area contributed by atoms with E-state index >= 15 is 0 Å². The number of hydrogen-bond donors (Lipinski definition) is 1. The topological polar surface area (TPSA) is 29.1 Å². The average molecular weight is 220 g/mol. The minimum atomic E-state index is -0.180. The number of amides is 1. The van der Waals surface area contributed by atoms with E-state index in [1.807, 2.05) is 20.8 Å². The largest absolute Gasteiger partial charge is 0.351 e. The van der Waals surface area contributed by atoms with Crippen molar-refractivity contribution >= 4 is 17.5 Å². The Kier molecular flexibility index (Phi) is 6.17. The first-order valence-corrected chi connectivity index (χ1v) is 5.84. The van der Waals surface area contributed by atoms with Crippen molar-refractivity contribution in [1.29, 1.82) is 0 Å². The van der Waals surface area contributed by atoms with Gasteiger partial charge in [-0.25, -0.2) is 0 Å². The van der Waals surface area contributed by atoms with Crippen LogP contribution in [0.25, 0.3) is 0 Å². The molecule has 0 aliphatic carbocycles. The third-order valence-electron chi connectivity index (χ3n) is 2.35. The Bertz CT molecular complexity index is 180. The fourth-order valence-electron chi connectivity index (χ4n) is 1.32. The van der Waals surface area contributed by atoms with E-state index in [4.69, 9.17) is 11.6 Å². The lowest BCUT2D eigenvalue weighted by atomic mass is 9.99. The lowest BCUT2D eigenvalue weighted by Crippen LogP contribution is -2.45. The van der Waals surface area contributed by atoms with Gasteiger partial charge in [0.2, 0.25) is 5.91 Å². The number of nitrogens with one attached hydrogen (secondary N) is 1. The van der Waals surface area contributed by atoms with E-state index in [2.05, 4.69) is 12.2 Å². The van der Waals surface area contributed by atoms with Crippen LogP contribution in [0.1, 0.15) is 47.0 Å². The second kappa shape index (κ2) is 6.28. The van der Waals surface area contributed by atoms with E-state index in [0.29, 0.717) is 5.88 Å². The normalized spacial score (nSPS) is 13.8. The quantitative estimate of drug-likeness (QED) is 0.684. The molecule has 84 valence electrons. The van der Waals surface area contributed by atoms with Crippen molar-refractivity contribution in [3.05, 3.63) is 0 Å². The standard InChI is InChI=1S/C11H22ClNO/c1-5-6-9(2)10(14)13-11(3,4)7-8-12/h9H,5-8H2,1-4H3,(H,13,14). The maximum Gasteiger partial charge on any atom is 0.223 e. The molecule has 3 heteroatoms. The molecule has 0 radical (unpaired) electrons. The Labute approximate surface area is 92.4 Å². The molecule has 1 amide bonds. The van der Waals surface area contributed by atoms with Crippen LogP contribution < -0.4 is 5.32 Å². The molecule has 0 aromatic carbocycles. The van der Waals surface area contributed by atoms with Crippen LogP contribution in [-0.4, -0.2) is 17.3 Å². The molecule has 0 rings (SSSR count). The predicted molar refractivity (Wildman–Crippen MR) is 61.6 cm³/mol. The predicted octanol–water partition coefficient (Wildman–Crippen LogP) is 2.95. The monoisotopic (exact) mass is 219 g/mol. The molecule has 0 aliphatic rings. The van der Waals surface area contributed by atoms with E-state index in [1.165, 1.54) is 0 Å². The Balaban J connectivity index is 4.03. The van der Waals surface area contributed by atoms with Crippen molar-refractivity contribution in [1.82, 2.24) is 5.32 Å². The Hall–Kier alpha value is -0.240. The van der Waals surface area contributed by atoms with Gasteiger partial charge < -0.3 is 5.32 Å². The summed E-state index contributed by atoms with van der Waals surface area (Å²) in [5.74, 6) is 0.826. The zero-order valence-electron chi connectivity index (χ0n) is 9.69. The third-order valence-corrected chi connectivity index (χ3v) is 2.54. The molecule has 0 saturated carbocycles. The van der Waals surface area contributed by atoms with Crippen LogP contribution in [0.3, 0.4) is 0 Å². The molecule has 0 heterocycles. The summed E-state index contributed by atoms with van der Waals surface area (Å²) in [6.45, 7) is 8.07. The number of alkyl halides is 1. The highest BCUT2D eigenvalue weighted by atomic mass is 35.5. The third kappa shape index (κ3) is 5.48. The fourth-order valence-corrected chi connectivity index (χ4v) is 1.79. The van der Waals surface area contributed by atoms with E-state index in [9.17, 15) is 4.79 Å². The van der Waals surface area contributed by atoms with Crippen molar-refractivity contribution in [2.75, 3.05) is 5.88 Å². The number of rotatable bonds is 6. The summed E-state index contributed by atoms with van der Waals surface area (Å²) in [6.07, 6.45) is 2.80. The highest BCUT2D eigenvalue weighted by Crippen LogP contribution is 2.12. The second-order valence-corrected chi connectivity index (χ2v) is 4.88. The average Bonchev–Trinajstić information content (AvgIpc) is 2.03. The lowest BCUT2D eigenvalue weighted by Gasteiger charge is -2.27. The van der Waals surface area contributed by atoms with Crippen LogP contribution in [-0.2, 0) is 4.79 Å². The van der Waals surface area contributed by atoms with Crippen LogP contribution in [0.4, 0.5) is 0 Å². The molecule has 1 N–H and O–H groups in total. The first-order chi connectivity index (χ1) is 6.43. The molecule has 0 fully saturated rings. The highest BCUT2D eigenvalue weighted by molar-refractivity contribution is 6.17. The maximum absolute atomic E-state index is 11.7. The number of carbonyl (C=O) groups is 1. The van der Waals surface area contributed by atoms with Gasteiger partial charge in [-0.15, -0.1) is 11.6 Å². The van der Waals surface area contributed by atoms with Crippen molar-refractivity contribution in [2.45, 2.75) is 52.5 Å². The molecule has 0 aromatic heterocycles. The lowest BCUT2D eigenvalue weighted by molar-refractivity contribution is -0.126.